The second kappa shape index (κ2) is 49.0. The van der Waals surface area contributed by atoms with Crippen LogP contribution in [0.3, 0.4) is 0 Å². The van der Waals surface area contributed by atoms with Crippen molar-refractivity contribution in [2.75, 3.05) is 19.8 Å². The summed E-state index contributed by atoms with van der Waals surface area (Å²) in [6.07, 6.45) is 32.2. The van der Waals surface area contributed by atoms with Crippen LogP contribution in [0.4, 0.5) is 0 Å². The Morgan fingerprint density at radius 1 is 0.542 bits per heavy atom. The molecule has 6 N–H and O–H groups in total. The molecule has 17 heteroatoms. The van der Waals surface area contributed by atoms with Crippen molar-refractivity contribution in [3.8, 4) is 0 Å². The lowest BCUT2D eigenvalue weighted by atomic mass is 10.0. The zero-order valence-corrected chi connectivity index (χ0v) is 46.4. The van der Waals surface area contributed by atoms with Crippen molar-refractivity contribution in [3.05, 3.63) is 0 Å². The number of rotatable bonds is 53. The molecule has 0 heterocycles. The van der Waals surface area contributed by atoms with Crippen LogP contribution >= 0.6 is 7.82 Å². The Hall–Kier alpha value is -2.91. The van der Waals surface area contributed by atoms with Gasteiger partial charge >= 0.3 is 19.8 Å². The van der Waals surface area contributed by atoms with Gasteiger partial charge in [0.05, 0.1) is 31.6 Å². The molecule has 0 aromatic heterocycles. The number of aliphatic hydroxyl groups excluding tert-OH is 1. The molecule has 0 saturated carbocycles. The summed E-state index contributed by atoms with van der Waals surface area (Å²) >= 11 is 0. The fourth-order valence-corrected chi connectivity index (χ4v) is 9.01. The van der Waals surface area contributed by atoms with Crippen LogP contribution in [0.15, 0.2) is 0 Å². The van der Waals surface area contributed by atoms with Gasteiger partial charge in [0.1, 0.15) is 25.0 Å². The predicted molar refractivity (Wildman–Crippen MR) is 285 cm³/mol. The average Bonchev–Trinajstić information content (AvgIpc) is 3.33. The summed E-state index contributed by atoms with van der Waals surface area (Å²) in [7, 11) is -4.87. The molecule has 0 aromatic carbocycles. The van der Waals surface area contributed by atoms with E-state index in [9.17, 15) is 48.2 Å². The molecular formula is C55H104N3O13P. The minimum absolute atomic E-state index is 0.0789. The Bertz CT molecular complexity index is 1420. The highest BCUT2D eigenvalue weighted by Gasteiger charge is 2.26. The molecule has 72 heavy (non-hydrogen) atoms. The van der Waals surface area contributed by atoms with Crippen LogP contribution in [0.5, 0.6) is 0 Å². The van der Waals surface area contributed by atoms with Crippen LogP contribution in [-0.4, -0.2) is 94.9 Å². The van der Waals surface area contributed by atoms with E-state index >= 15 is 0 Å². The number of aldehydes is 1. The Morgan fingerprint density at radius 3 is 1.54 bits per heavy atom. The number of aliphatic hydroxyl groups is 1. The largest absolute Gasteiger partial charge is 0.469 e. The summed E-state index contributed by atoms with van der Waals surface area (Å²) in [5.41, 5.74) is 0. The maximum atomic E-state index is 13.6. The summed E-state index contributed by atoms with van der Waals surface area (Å²) < 4.78 is 27.5. The molecule has 0 bridgehead atoms. The number of phosphoric ester groups is 1. The Labute approximate surface area is 435 Å². The van der Waals surface area contributed by atoms with Crippen LogP contribution in [0.25, 0.3) is 0 Å². The first-order valence-corrected chi connectivity index (χ1v) is 30.3. The molecule has 3 amide bonds. The number of ether oxygens (including phenoxy) is 2. The minimum atomic E-state index is -4.87. The van der Waals surface area contributed by atoms with Crippen molar-refractivity contribution in [3.63, 3.8) is 0 Å². The van der Waals surface area contributed by atoms with E-state index in [0.717, 1.165) is 76.9 Å². The van der Waals surface area contributed by atoms with E-state index in [1.165, 1.54) is 96.3 Å². The van der Waals surface area contributed by atoms with Crippen LogP contribution in [0, 0.1) is 0 Å². The molecule has 0 fully saturated rings. The maximum Gasteiger partial charge on any atom is 0.469 e. The lowest BCUT2D eigenvalue weighted by Crippen LogP contribution is -2.48. The third-order valence-electron chi connectivity index (χ3n) is 13.0. The van der Waals surface area contributed by atoms with Crippen molar-refractivity contribution in [2.24, 2.45) is 0 Å². The Kier molecular flexibility index (Phi) is 47.0. The summed E-state index contributed by atoms with van der Waals surface area (Å²) in [5, 5.41) is 18.9. The lowest BCUT2D eigenvalue weighted by Gasteiger charge is -2.22. The molecule has 0 spiro atoms. The number of esters is 2. The van der Waals surface area contributed by atoms with E-state index in [1.54, 1.807) is 0 Å². The summed E-state index contributed by atoms with van der Waals surface area (Å²) in [5.74, 6) is -2.41. The average molecular weight is 1050 g/mol. The van der Waals surface area contributed by atoms with E-state index in [-0.39, 0.29) is 57.6 Å². The molecule has 0 unspecified atom stereocenters. The van der Waals surface area contributed by atoms with Gasteiger partial charge in [-0.1, -0.05) is 181 Å². The van der Waals surface area contributed by atoms with Gasteiger partial charge in [0.2, 0.25) is 17.7 Å². The second-order valence-corrected chi connectivity index (χ2v) is 21.3. The molecule has 0 aliphatic carbocycles. The fraction of sp³-hybridized carbons (Fsp3) is 0.891. The van der Waals surface area contributed by atoms with E-state index < -0.39 is 62.4 Å². The first kappa shape index (κ1) is 69.1. The van der Waals surface area contributed by atoms with Gasteiger partial charge < -0.3 is 45.1 Å². The zero-order valence-electron chi connectivity index (χ0n) is 45.5. The number of hydrogen-bond donors (Lipinski definition) is 6. The van der Waals surface area contributed by atoms with E-state index in [4.69, 9.17) is 9.47 Å². The fourth-order valence-electron chi connectivity index (χ4n) is 8.66. The predicted octanol–water partition coefficient (Wildman–Crippen LogP) is 11.5. The maximum absolute atomic E-state index is 13.6. The molecular weight excluding hydrogens is 942 g/mol. The molecule has 16 nitrogen and oxygen atoms in total. The minimum Gasteiger partial charge on any atom is -0.463 e. The van der Waals surface area contributed by atoms with Crippen LogP contribution in [-0.2, 0) is 47.3 Å². The van der Waals surface area contributed by atoms with Gasteiger partial charge in [-0.25, -0.2) is 4.57 Å². The first-order valence-electron chi connectivity index (χ1n) is 28.8. The molecule has 0 rings (SSSR count). The van der Waals surface area contributed by atoms with E-state index in [0.29, 0.717) is 44.9 Å². The second-order valence-electron chi connectivity index (χ2n) is 20.0. The van der Waals surface area contributed by atoms with Crippen LogP contribution in [0.2, 0.25) is 0 Å². The normalized spacial score (nSPS) is 13.2. The number of hydrogen-bond acceptors (Lipinski definition) is 11. The smallest absolute Gasteiger partial charge is 0.463 e. The summed E-state index contributed by atoms with van der Waals surface area (Å²) in [6.45, 7) is 6.01. The zero-order chi connectivity index (χ0) is 53.3. The van der Waals surface area contributed by atoms with Gasteiger partial charge in [-0.2, -0.15) is 0 Å². The quantitative estimate of drug-likeness (QED) is 0.0144. The Morgan fingerprint density at radius 2 is 1.01 bits per heavy atom. The monoisotopic (exact) mass is 1050 g/mol. The molecule has 4 atom stereocenters. The van der Waals surface area contributed by atoms with Gasteiger partial charge in [0.25, 0.3) is 0 Å². The van der Waals surface area contributed by atoms with Crippen LogP contribution < -0.4 is 16.0 Å². The molecule has 0 radical (unpaired) electrons. The van der Waals surface area contributed by atoms with Crippen molar-refractivity contribution in [1.82, 2.24) is 16.0 Å². The summed E-state index contributed by atoms with van der Waals surface area (Å²) in [6, 6.07) is -1.87. The number of nitrogens with one attached hydrogen (secondary N) is 3. The van der Waals surface area contributed by atoms with Gasteiger partial charge in [-0.3, -0.25) is 28.5 Å². The van der Waals surface area contributed by atoms with Crippen LogP contribution in [0.1, 0.15) is 271 Å². The number of amides is 3. The third kappa shape index (κ3) is 46.8. The highest BCUT2D eigenvalue weighted by Crippen LogP contribution is 2.35. The van der Waals surface area contributed by atoms with E-state index in [2.05, 4.69) is 41.2 Å². The van der Waals surface area contributed by atoms with E-state index in [1.807, 2.05) is 0 Å². The summed E-state index contributed by atoms with van der Waals surface area (Å²) in [4.78, 5) is 95.0. The van der Waals surface area contributed by atoms with Gasteiger partial charge in [0, 0.05) is 32.2 Å². The molecule has 0 aromatic rings. The first-order chi connectivity index (χ1) is 34.7. The number of carbonyl (C=O) groups excluding carboxylic acids is 6. The molecule has 0 aliphatic heterocycles. The Balaban J connectivity index is 5.56. The van der Waals surface area contributed by atoms with Crippen molar-refractivity contribution < 1.29 is 62.2 Å². The third-order valence-corrected chi connectivity index (χ3v) is 13.5. The number of unbranched alkanes of at least 4 members (excludes halogenated alkanes) is 26. The van der Waals surface area contributed by atoms with Gasteiger partial charge in [0.15, 0.2) is 0 Å². The van der Waals surface area contributed by atoms with Crippen molar-refractivity contribution in [2.45, 2.75) is 295 Å². The topological polar surface area (TPSA) is 244 Å². The standard InChI is InChI=1S/C55H104N3O13P/c1-4-7-10-13-16-19-22-25-29-36-48(60)44-51(61)57-47(46-69-53(63)38-32-28-33-42-59)35-34-41-56-55(65)50(40-43-70-72(66,67)68)58-52(62)45-49(37-30-26-23-20-17-14-11-8-5-2)71-54(64)39-31-27-24-21-18-15-12-9-6-3/h42,47-50,60H,4-41,43-46H2,1-3H3,(H,56,65)(H,57,61)(H,58,62)(H2,66,67,68)/t47-,48-,49-,50-/m1/s1. The SMILES string of the molecule is CCCCCCCCCCCC(=O)O[C@H](CCCCCCCCCCC)CC(=O)N[C@H](CCOP(=O)(O)O)C(=O)NCCC[C@H](COC(=O)CCCCC=O)NC(=O)C[C@H](O)CCCCCCCCCCC. The number of phosphoric acid groups is 1. The molecule has 0 aliphatic rings. The molecule has 422 valence electrons. The van der Waals surface area contributed by atoms with Gasteiger partial charge in [-0.15, -0.1) is 0 Å². The van der Waals surface area contributed by atoms with Crippen molar-refractivity contribution >= 4 is 43.8 Å². The number of carbonyl (C=O) groups is 6. The van der Waals surface area contributed by atoms with Crippen molar-refractivity contribution in [1.29, 1.82) is 0 Å². The van der Waals surface area contributed by atoms with Gasteiger partial charge in [-0.05, 0) is 51.4 Å². The molecule has 0 saturated heterocycles. The highest BCUT2D eigenvalue weighted by molar-refractivity contribution is 7.46. The lowest BCUT2D eigenvalue weighted by molar-refractivity contribution is -0.151. The highest BCUT2D eigenvalue weighted by atomic mass is 31.2.